The Morgan fingerprint density at radius 3 is 3.07 bits per heavy atom. The summed E-state index contributed by atoms with van der Waals surface area (Å²) in [6.07, 6.45) is 6.61. The first-order valence-electron chi connectivity index (χ1n) is 8.75. The molecule has 0 radical (unpaired) electrons. The maximum Gasteiger partial charge on any atom is 0.229 e. The third-order valence-corrected chi connectivity index (χ3v) is 4.36. The highest BCUT2D eigenvalue weighted by molar-refractivity contribution is 5.77. The molecule has 2 aromatic heterocycles. The van der Waals surface area contributed by atoms with Crippen molar-refractivity contribution in [2.75, 3.05) is 23.7 Å². The second-order valence-corrected chi connectivity index (χ2v) is 6.34. The van der Waals surface area contributed by atoms with Gasteiger partial charge in [-0.05, 0) is 12.8 Å². The molecule has 3 heterocycles. The molecule has 1 aliphatic rings. The highest BCUT2D eigenvalue weighted by Crippen LogP contribution is 2.21. The van der Waals surface area contributed by atoms with Gasteiger partial charge < -0.3 is 15.5 Å². The molecule has 1 unspecified atom stereocenters. The summed E-state index contributed by atoms with van der Waals surface area (Å²) in [5.74, 6) is -0.275. The Hall–Kier alpha value is -3.22. The standard InChI is InChI=1S/C17H21FN8O/c1-25-11-12(8-22-25)23-17-21-10-14(18)16(24-17)20-9-13-4-3-7-26(13)15(27)5-2-6-19/h8,10-11,13H,2-5,7,9H2,1H3,(H2,20,21,23,24). The third-order valence-electron chi connectivity index (χ3n) is 4.36. The molecule has 1 atom stereocenters. The highest BCUT2D eigenvalue weighted by atomic mass is 19.1. The van der Waals surface area contributed by atoms with Crippen molar-refractivity contribution >= 4 is 23.4 Å². The number of aromatic nitrogens is 4. The Kier molecular flexibility index (Phi) is 5.80. The van der Waals surface area contributed by atoms with E-state index in [4.69, 9.17) is 5.26 Å². The van der Waals surface area contributed by atoms with Gasteiger partial charge >= 0.3 is 0 Å². The first-order valence-corrected chi connectivity index (χ1v) is 8.75. The Balaban J connectivity index is 1.62. The van der Waals surface area contributed by atoms with Crippen molar-refractivity contribution in [2.45, 2.75) is 31.7 Å². The number of rotatable bonds is 7. The van der Waals surface area contributed by atoms with Gasteiger partial charge in [0.1, 0.15) is 0 Å². The van der Waals surface area contributed by atoms with E-state index in [9.17, 15) is 9.18 Å². The minimum absolute atomic E-state index is 0.0389. The molecule has 0 spiro atoms. The van der Waals surface area contributed by atoms with Crippen LogP contribution in [0.5, 0.6) is 0 Å². The van der Waals surface area contributed by atoms with Gasteiger partial charge in [0.25, 0.3) is 0 Å². The number of aryl methyl sites for hydroxylation is 1. The fraction of sp³-hybridized carbons (Fsp3) is 0.471. The summed E-state index contributed by atoms with van der Waals surface area (Å²) in [4.78, 5) is 22.0. The van der Waals surface area contributed by atoms with E-state index in [1.165, 1.54) is 0 Å². The molecule has 0 saturated carbocycles. The molecule has 2 N–H and O–H groups in total. The van der Waals surface area contributed by atoms with E-state index >= 15 is 0 Å². The summed E-state index contributed by atoms with van der Waals surface area (Å²) in [7, 11) is 1.79. The number of carbonyl (C=O) groups excluding carboxylic acids is 1. The van der Waals surface area contributed by atoms with Crippen LogP contribution in [0.25, 0.3) is 0 Å². The van der Waals surface area contributed by atoms with Crippen LogP contribution < -0.4 is 10.6 Å². The van der Waals surface area contributed by atoms with Crippen LogP contribution in [0.3, 0.4) is 0 Å². The molecule has 1 aliphatic heterocycles. The summed E-state index contributed by atoms with van der Waals surface area (Å²) in [5, 5.41) is 18.6. The number of amides is 1. The number of carbonyl (C=O) groups is 1. The van der Waals surface area contributed by atoms with E-state index in [1.807, 2.05) is 6.07 Å². The van der Waals surface area contributed by atoms with Gasteiger partial charge in [-0.3, -0.25) is 9.48 Å². The molecular weight excluding hydrogens is 351 g/mol. The number of nitrogens with zero attached hydrogens (tertiary/aromatic N) is 6. The fourth-order valence-electron chi connectivity index (χ4n) is 3.06. The Bertz CT molecular complexity index is 846. The number of likely N-dealkylation sites (tertiary alicyclic amines) is 1. The van der Waals surface area contributed by atoms with Crippen molar-refractivity contribution in [3.8, 4) is 6.07 Å². The molecule has 142 valence electrons. The molecule has 1 fully saturated rings. The fourth-order valence-corrected chi connectivity index (χ4v) is 3.06. The largest absolute Gasteiger partial charge is 0.365 e. The van der Waals surface area contributed by atoms with Crippen LogP contribution in [-0.4, -0.2) is 49.7 Å². The van der Waals surface area contributed by atoms with Gasteiger partial charge in [0.15, 0.2) is 11.6 Å². The van der Waals surface area contributed by atoms with Crippen molar-refractivity contribution < 1.29 is 9.18 Å². The summed E-state index contributed by atoms with van der Waals surface area (Å²) in [6, 6.07) is 1.95. The lowest BCUT2D eigenvalue weighted by Gasteiger charge is -2.25. The van der Waals surface area contributed by atoms with E-state index in [2.05, 4.69) is 25.7 Å². The number of hydrogen-bond donors (Lipinski definition) is 2. The number of nitrogens with one attached hydrogen (secondary N) is 2. The lowest BCUT2D eigenvalue weighted by Crippen LogP contribution is -2.39. The van der Waals surface area contributed by atoms with Crippen molar-refractivity contribution in [3.05, 3.63) is 24.4 Å². The average Bonchev–Trinajstić information content (AvgIpc) is 3.29. The molecule has 1 saturated heterocycles. The second-order valence-electron chi connectivity index (χ2n) is 6.34. The number of anilines is 3. The summed E-state index contributed by atoms with van der Waals surface area (Å²) < 4.78 is 15.7. The molecule has 3 rings (SSSR count). The Labute approximate surface area is 156 Å². The minimum atomic E-state index is -0.563. The summed E-state index contributed by atoms with van der Waals surface area (Å²) >= 11 is 0. The molecule has 0 bridgehead atoms. The van der Waals surface area contributed by atoms with Crippen LogP contribution in [0.4, 0.5) is 21.8 Å². The zero-order chi connectivity index (χ0) is 19.2. The molecule has 27 heavy (non-hydrogen) atoms. The average molecular weight is 372 g/mol. The van der Waals surface area contributed by atoms with E-state index in [0.717, 1.165) is 19.0 Å². The lowest BCUT2D eigenvalue weighted by atomic mass is 10.2. The predicted molar refractivity (Wildman–Crippen MR) is 96.6 cm³/mol. The van der Waals surface area contributed by atoms with Crippen LogP contribution in [0.1, 0.15) is 25.7 Å². The molecule has 0 aromatic carbocycles. The zero-order valence-electron chi connectivity index (χ0n) is 15.0. The number of halogens is 1. The van der Waals surface area contributed by atoms with Crippen molar-refractivity contribution in [1.29, 1.82) is 5.26 Å². The van der Waals surface area contributed by atoms with Gasteiger partial charge in [-0.2, -0.15) is 15.3 Å². The van der Waals surface area contributed by atoms with Crippen molar-refractivity contribution in [1.82, 2.24) is 24.6 Å². The molecular formula is C17H21FN8O. The van der Waals surface area contributed by atoms with E-state index in [-0.39, 0.29) is 36.6 Å². The van der Waals surface area contributed by atoms with Gasteiger partial charge in [-0.15, -0.1) is 0 Å². The molecule has 0 aliphatic carbocycles. The van der Waals surface area contributed by atoms with Gasteiger partial charge in [0.05, 0.1) is 24.2 Å². The monoisotopic (exact) mass is 372 g/mol. The third kappa shape index (κ3) is 4.69. The molecule has 9 nitrogen and oxygen atoms in total. The topological polar surface area (TPSA) is 112 Å². The molecule has 10 heteroatoms. The van der Waals surface area contributed by atoms with E-state index in [0.29, 0.717) is 18.8 Å². The van der Waals surface area contributed by atoms with Crippen molar-refractivity contribution in [2.24, 2.45) is 7.05 Å². The van der Waals surface area contributed by atoms with Gasteiger partial charge in [0, 0.05) is 45.2 Å². The molecule has 1 amide bonds. The summed E-state index contributed by atoms with van der Waals surface area (Å²) in [5.41, 5.74) is 0.695. The summed E-state index contributed by atoms with van der Waals surface area (Å²) in [6.45, 7) is 1.05. The van der Waals surface area contributed by atoms with Crippen LogP contribution in [-0.2, 0) is 11.8 Å². The van der Waals surface area contributed by atoms with Crippen LogP contribution >= 0.6 is 0 Å². The minimum Gasteiger partial charge on any atom is -0.365 e. The maximum absolute atomic E-state index is 14.1. The zero-order valence-corrected chi connectivity index (χ0v) is 15.0. The predicted octanol–water partition coefficient (Wildman–Crippen LogP) is 1.80. The molecule has 2 aromatic rings. The number of nitriles is 1. The van der Waals surface area contributed by atoms with Gasteiger partial charge in [-0.25, -0.2) is 9.37 Å². The smallest absolute Gasteiger partial charge is 0.229 e. The maximum atomic E-state index is 14.1. The number of hydrogen-bond acceptors (Lipinski definition) is 7. The van der Waals surface area contributed by atoms with Gasteiger partial charge in [-0.1, -0.05) is 0 Å². The van der Waals surface area contributed by atoms with E-state index < -0.39 is 5.82 Å². The van der Waals surface area contributed by atoms with Gasteiger partial charge in [0.2, 0.25) is 11.9 Å². The second kappa shape index (κ2) is 8.44. The quantitative estimate of drug-likeness (QED) is 0.762. The van der Waals surface area contributed by atoms with E-state index in [1.54, 1.807) is 29.0 Å². The lowest BCUT2D eigenvalue weighted by molar-refractivity contribution is -0.131. The van der Waals surface area contributed by atoms with Crippen LogP contribution in [0.2, 0.25) is 0 Å². The first-order chi connectivity index (χ1) is 13.1. The van der Waals surface area contributed by atoms with Crippen molar-refractivity contribution in [3.63, 3.8) is 0 Å². The normalized spacial score (nSPS) is 16.2. The SMILES string of the molecule is Cn1cc(Nc2ncc(F)c(NCC3CCCN3C(=O)CCC#N)n2)cn1. The van der Waals surface area contributed by atoms with Crippen LogP contribution in [0.15, 0.2) is 18.6 Å². The highest BCUT2D eigenvalue weighted by Gasteiger charge is 2.28. The van der Waals surface area contributed by atoms with Crippen LogP contribution in [0, 0.1) is 17.1 Å². The first kappa shape index (κ1) is 18.6. The Morgan fingerprint density at radius 1 is 1.48 bits per heavy atom. The Morgan fingerprint density at radius 2 is 2.33 bits per heavy atom.